The van der Waals surface area contributed by atoms with Gasteiger partial charge in [0.1, 0.15) is 36.2 Å². The highest BCUT2D eigenvalue weighted by atomic mass is 16.6. The van der Waals surface area contributed by atoms with E-state index < -0.39 is 77.9 Å². The lowest BCUT2D eigenvalue weighted by molar-refractivity contribution is -0.265. The predicted octanol–water partition coefficient (Wildman–Crippen LogP) is 5.33. The van der Waals surface area contributed by atoms with Crippen LogP contribution in [0.4, 0.5) is 0 Å². The van der Waals surface area contributed by atoms with Crippen LogP contribution in [0.15, 0.2) is 53.9 Å². The molecule has 1 saturated carbocycles. The van der Waals surface area contributed by atoms with Crippen LogP contribution in [0.1, 0.15) is 124 Å². The smallest absolute Gasteiger partial charge is 0.329 e. The number of cyclic esters (lactones) is 1. The highest BCUT2D eigenvalue weighted by molar-refractivity contribution is 6.39. The van der Waals surface area contributed by atoms with Crippen molar-refractivity contribution in [2.45, 2.75) is 178 Å². The number of amides is 1. The average molecular weight is 922 g/mol. The number of carbonyl (C=O) groups excluding carboxylic acids is 5. The summed E-state index contributed by atoms with van der Waals surface area (Å²) in [6, 6.07) is -1.18. The molecule has 17 nitrogen and oxygen atoms in total. The topological polar surface area (TPSA) is 208 Å². The number of aromatic nitrogens is 4. The van der Waals surface area contributed by atoms with Gasteiger partial charge in [-0.1, -0.05) is 50.3 Å². The van der Waals surface area contributed by atoms with Gasteiger partial charge in [0.15, 0.2) is 12.1 Å². The summed E-state index contributed by atoms with van der Waals surface area (Å²) in [6.45, 7) is 7.31. The number of allylic oxidation sites excluding steroid dienone is 6. The van der Waals surface area contributed by atoms with Gasteiger partial charge in [0, 0.05) is 52.6 Å². The first-order valence-electron chi connectivity index (χ1n) is 23.9. The Labute approximate surface area is 388 Å². The highest BCUT2D eigenvalue weighted by Gasteiger charge is 2.53. The summed E-state index contributed by atoms with van der Waals surface area (Å²) in [5.41, 5.74) is 1.58. The van der Waals surface area contributed by atoms with Crippen LogP contribution in [0.2, 0.25) is 0 Å². The molecule has 364 valence electrons. The maximum absolute atomic E-state index is 14.3. The fourth-order valence-electron chi connectivity index (χ4n) is 10.3. The van der Waals surface area contributed by atoms with Crippen LogP contribution in [0.25, 0.3) is 0 Å². The first kappa shape index (κ1) is 51.1. The molecule has 4 aliphatic heterocycles. The molecule has 0 radical (unpaired) electrons. The Hall–Kier alpha value is -4.26. The van der Waals surface area contributed by atoms with Crippen molar-refractivity contribution < 1.29 is 57.5 Å². The molecule has 1 aliphatic carbocycles. The normalized spacial score (nSPS) is 38.8. The number of hydrogen-bond acceptors (Lipinski definition) is 15. The molecular weight excluding hydrogens is 851 g/mol. The molecule has 5 heterocycles. The van der Waals surface area contributed by atoms with Gasteiger partial charge in [0.2, 0.25) is 5.79 Å². The minimum absolute atomic E-state index is 0.0757. The van der Waals surface area contributed by atoms with Crippen LogP contribution < -0.4 is 0 Å². The molecule has 4 fully saturated rings. The summed E-state index contributed by atoms with van der Waals surface area (Å²) in [6.07, 6.45) is 15.4. The van der Waals surface area contributed by atoms with Crippen LogP contribution in [-0.4, -0.2) is 142 Å². The molecule has 0 aromatic carbocycles. The number of piperidine rings is 1. The molecule has 1 amide bonds. The Balaban J connectivity index is 1.26. The summed E-state index contributed by atoms with van der Waals surface area (Å²) in [5.74, 6) is -6.71. The van der Waals surface area contributed by atoms with Crippen molar-refractivity contribution in [2.24, 2.45) is 17.8 Å². The van der Waals surface area contributed by atoms with E-state index in [1.165, 1.54) is 18.3 Å². The number of hydrogen-bond donors (Lipinski definition) is 1. The van der Waals surface area contributed by atoms with Crippen molar-refractivity contribution in [3.8, 4) is 0 Å². The number of aliphatic hydroxyl groups is 1. The number of ketones is 3. The Kier molecular flexibility index (Phi) is 18.3. The third-order valence-corrected chi connectivity index (χ3v) is 14.4. The van der Waals surface area contributed by atoms with Gasteiger partial charge in [-0.3, -0.25) is 19.2 Å². The predicted molar refractivity (Wildman–Crippen MR) is 240 cm³/mol. The quantitative estimate of drug-likeness (QED) is 0.209. The third-order valence-electron chi connectivity index (χ3n) is 14.4. The van der Waals surface area contributed by atoms with Crippen molar-refractivity contribution in [3.05, 3.63) is 53.9 Å². The largest absolute Gasteiger partial charge is 0.460 e. The van der Waals surface area contributed by atoms with Gasteiger partial charge in [-0.05, 0) is 113 Å². The van der Waals surface area contributed by atoms with E-state index in [4.69, 9.17) is 28.4 Å². The second-order valence-corrected chi connectivity index (χ2v) is 18.9. The number of Topliss-reactive ketones (excluding diaryl/α,β-unsaturated/α-hetero) is 3. The van der Waals surface area contributed by atoms with Gasteiger partial charge in [0.05, 0.1) is 24.4 Å². The molecule has 1 aromatic rings. The first-order valence-corrected chi connectivity index (χ1v) is 23.9. The summed E-state index contributed by atoms with van der Waals surface area (Å²) < 4.78 is 36.0. The van der Waals surface area contributed by atoms with Crippen molar-refractivity contribution in [1.29, 1.82) is 0 Å². The van der Waals surface area contributed by atoms with Gasteiger partial charge in [-0.25, -0.2) is 4.79 Å². The zero-order valence-corrected chi connectivity index (χ0v) is 39.8. The van der Waals surface area contributed by atoms with Crippen LogP contribution in [0.5, 0.6) is 0 Å². The van der Waals surface area contributed by atoms with Gasteiger partial charge < -0.3 is 38.4 Å². The first-order chi connectivity index (χ1) is 31.7. The molecule has 1 aromatic heterocycles. The lowest BCUT2D eigenvalue weighted by atomic mass is 9.80. The molecule has 4 bridgehead atoms. The second-order valence-electron chi connectivity index (χ2n) is 18.9. The van der Waals surface area contributed by atoms with Crippen LogP contribution >= 0.6 is 0 Å². The number of fused-ring (bicyclic) bond motifs is 5. The van der Waals surface area contributed by atoms with Crippen molar-refractivity contribution in [2.75, 3.05) is 27.9 Å². The van der Waals surface area contributed by atoms with E-state index in [2.05, 4.69) is 15.4 Å². The number of tetrazole rings is 1. The van der Waals surface area contributed by atoms with Gasteiger partial charge in [-0.2, -0.15) is 4.80 Å². The Bertz CT molecular complexity index is 1970. The lowest BCUT2D eigenvalue weighted by Crippen LogP contribution is -2.60. The number of ether oxygens (including phenoxy) is 6. The summed E-state index contributed by atoms with van der Waals surface area (Å²) >= 11 is 0. The Morgan fingerprint density at radius 2 is 1.68 bits per heavy atom. The van der Waals surface area contributed by atoms with E-state index in [-0.39, 0.29) is 49.0 Å². The molecule has 3 saturated heterocycles. The van der Waals surface area contributed by atoms with Crippen LogP contribution in [0, 0.1) is 17.8 Å². The van der Waals surface area contributed by atoms with E-state index in [0.29, 0.717) is 69.8 Å². The number of rotatable bonds is 7. The Morgan fingerprint density at radius 1 is 0.879 bits per heavy atom. The molecule has 17 heteroatoms. The molecule has 0 spiro atoms. The van der Waals surface area contributed by atoms with Crippen molar-refractivity contribution in [3.63, 3.8) is 0 Å². The fraction of sp³-hybridized carbons (Fsp3) is 0.714. The van der Waals surface area contributed by atoms with Gasteiger partial charge in [0.25, 0.3) is 11.7 Å². The minimum Gasteiger partial charge on any atom is -0.460 e. The van der Waals surface area contributed by atoms with Crippen LogP contribution in [0.3, 0.4) is 0 Å². The fourth-order valence-corrected chi connectivity index (χ4v) is 10.3. The maximum Gasteiger partial charge on any atom is 0.329 e. The number of nitrogens with zero attached hydrogens (tertiary/aromatic N) is 5. The standard InChI is InChI=1S/C49H71N5O12/c1-30-15-11-9-8-10-12-17-40-43(56)45(63-7)44(65-40)32(3)25-31(2)39(55)27-35(22-19-34-20-23-37(42(26-34)62-6)54-51-29-50-52-54)64-48(59)38-16-13-14-24-53(38)47(58)46(57)49(60)33(4)18-21-36(66-49)28-41(30)61-5/h8-11,15,25,29,31,33-38,40-42,44-45,60H,12-14,16-24,26-28H2,1-7H3/b10-8+,11-9+,30-15+,32-25+/t31-,33?,34?,35-,36+,37?,38?,40?,41+,42?,44-,45?,49?/m1/s1. The van der Waals surface area contributed by atoms with Crippen molar-refractivity contribution >= 4 is 29.2 Å². The van der Waals surface area contributed by atoms with Gasteiger partial charge in [-0.15, -0.1) is 10.2 Å². The molecule has 8 unspecified atom stereocenters. The number of carbonyl (C=O) groups is 5. The Morgan fingerprint density at radius 3 is 2.41 bits per heavy atom. The monoisotopic (exact) mass is 922 g/mol. The van der Waals surface area contributed by atoms with E-state index in [9.17, 15) is 29.1 Å². The van der Waals surface area contributed by atoms with E-state index in [1.54, 1.807) is 38.9 Å². The molecule has 13 atom stereocenters. The zero-order chi connectivity index (χ0) is 47.5. The van der Waals surface area contributed by atoms with E-state index in [1.807, 2.05) is 44.2 Å². The summed E-state index contributed by atoms with van der Waals surface area (Å²) in [5, 5.41) is 24.1. The number of methoxy groups -OCH3 is 3. The highest BCUT2D eigenvalue weighted by Crippen LogP contribution is 2.38. The molecule has 6 rings (SSSR count). The van der Waals surface area contributed by atoms with E-state index >= 15 is 0 Å². The van der Waals surface area contributed by atoms with E-state index in [0.717, 1.165) is 18.4 Å². The summed E-state index contributed by atoms with van der Waals surface area (Å²) in [4.78, 5) is 73.1. The van der Waals surface area contributed by atoms with Gasteiger partial charge >= 0.3 is 5.97 Å². The molecule has 66 heavy (non-hydrogen) atoms. The second kappa shape index (κ2) is 23.6. The zero-order valence-electron chi connectivity index (χ0n) is 39.8. The molecular formula is C49H71N5O12. The van der Waals surface area contributed by atoms with Crippen LogP contribution in [-0.2, 0) is 52.4 Å². The minimum atomic E-state index is -2.41. The molecule has 5 aliphatic rings. The van der Waals surface area contributed by atoms with Crippen molar-refractivity contribution in [1.82, 2.24) is 25.1 Å². The third kappa shape index (κ3) is 12.2. The summed E-state index contributed by atoms with van der Waals surface area (Å²) in [7, 11) is 4.72. The lowest BCUT2D eigenvalue weighted by Gasteiger charge is -2.42. The number of esters is 1. The average Bonchev–Trinajstić information content (AvgIpc) is 3.97. The maximum atomic E-state index is 14.3. The SMILES string of the molecule is COC1CC(CC[C@@H]2CC(=O)[C@H](C)/C=C(\C)[C@H]3OC(CC/C=C/C=C/C=C(\C)[C@@H](OC)C[C@@H]4CCC(C)C(O)(O4)C(=O)C(=O)N4CCCCC4C(=O)O2)C(=O)C3OC)CCC1n1ncnn1. The molecule has 1 N–H and O–H groups in total.